The number of aryl methyl sites for hydroxylation is 1. The van der Waals surface area contributed by atoms with Crippen LogP contribution in [-0.4, -0.2) is 44.5 Å². The Morgan fingerprint density at radius 1 is 1.23 bits per heavy atom. The van der Waals surface area contributed by atoms with Crippen LogP contribution in [0, 0.1) is 12.8 Å². The maximum Gasteiger partial charge on any atom is 0.178 e. The zero-order valence-corrected chi connectivity index (χ0v) is 12.3. The summed E-state index contributed by atoms with van der Waals surface area (Å²) in [5.74, 6) is 3.09. The van der Waals surface area contributed by atoms with Crippen LogP contribution in [0.3, 0.4) is 0 Å². The highest BCUT2D eigenvalue weighted by Gasteiger charge is 2.28. The van der Waals surface area contributed by atoms with E-state index in [0.29, 0.717) is 12.5 Å². The fourth-order valence-corrected chi connectivity index (χ4v) is 2.56. The quantitative estimate of drug-likeness (QED) is 0.724. The van der Waals surface area contributed by atoms with Crippen LogP contribution >= 0.6 is 0 Å². The van der Waals surface area contributed by atoms with Crippen LogP contribution < -0.4 is 9.64 Å². The number of nitrogens with zero attached hydrogens (tertiary/aromatic N) is 6. The number of hydrogen-bond donors (Lipinski definition) is 0. The van der Waals surface area contributed by atoms with E-state index in [1.807, 2.05) is 31.2 Å². The van der Waals surface area contributed by atoms with E-state index in [1.54, 1.807) is 16.9 Å². The van der Waals surface area contributed by atoms with Gasteiger partial charge in [0.2, 0.25) is 0 Å². The maximum absolute atomic E-state index is 5.74. The molecule has 4 heterocycles. The lowest BCUT2D eigenvalue weighted by molar-refractivity contribution is 0.219. The topological polar surface area (TPSA) is 68.4 Å². The van der Waals surface area contributed by atoms with Crippen molar-refractivity contribution in [3.63, 3.8) is 0 Å². The Morgan fingerprint density at radius 3 is 2.95 bits per heavy atom. The van der Waals surface area contributed by atoms with Crippen molar-refractivity contribution < 1.29 is 4.74 Å². The monoisotopic (exact) mass is 296 g/mol. The van der Waals surface area contributed by atoms with E-state index in [-0.39, 0.29) is 0 Å². The summed E-state index contributed by atoms with van der Waals surface area (Å²) in [6.45, 7) is 4.49. The van der Waals surface area contributed by atoms with Gasteiger partial charge in [-0.15, -0.1) is 15.3 Å². The first-order valence-corrected chi connectivity index (χ1v) is 7.26. The van der Waals surface area contributed by atoms with Crippen molar-refractivity contribution in [3.8, 4) is 5.75 Å². The van der Waals surface area contributed by atoms with Gasteiger partial charge in [-0.3, -0.25) is 4.98 Å². The summed E-state index contributed by atoms with van der Waals surface area (Å²) >= 11 is 0. The standard InChI is InChI=1S/C15H16N6O/c1-11-17-18-14-4-5-15(19-21(11)14)20-8-12(9-20)10-22-13-3-2-6-16-7-13/h2-7,12H,8-10H2,1H3. The molecule has 1 aliphatic heterocycles. The smallest absolute Gasteiger partial charge is 0.178 e. The molecule has 0 aromatic carbocycles. The van der Waals surface area contributed by atoms with Crippen molar-refractivity contribution in [1.29, 1.82) is 0 Å². The van der Waals surface area contributed by atoms with Crippen LogP contribution in [0.5, 0.6) is 5.75 Å². The largest absolute Gasteiger partial charge is 0.492 e. The van der Waals surface area contributed by atoms with Crippen LogP contribution in [-0.2, 0) is 0 Å². The van der Waals surface area contributed by atoms with Crippen LogP contribution in [0.15, 0.2) is 36.7 Å². The van der Waals surface area contributed by atoms with E-state index in [4.69, 9.17) is 4.74 Å². The molecule has 22 heavy (non-hydrogen) atoms. The van der Waals surface area contributed by atoms with Crippen molar-refractivity contribution in [2.75, 3.05) is 24.6 Å². The number of fused-ring (bicyclic) bond motifs is 1. The lowest BCUT2D eigenvalue weighted by Gasteiger charge is -2.39. The molecular weight excluding hydrogens is 280 g/mol. The van der Waals surface area contributed by atoms with Crippen molar-refractivity contribution in [2.24, 2.45) is 5.92 Å². The summed E-state index contributed by atoms with van der Waals surface area (Å²) in [6.07, 6.45) is 3.48. The second-order valence-corrected chi connectivity index (χ2v) is 5.48. The summed E-state index contributed by atoms with van der Waals surface area (Å²) in [6, 6.07) is 7.74. The molecular formula is C15H16N6O. The minimum atomic E-state index is 0.514. The van der Waals surface area contributed by atoms with Gasteiger partial charge in [-0.25, -0.2) is 0 Å². The first-order valence-electron chi connectivity index (χ1n) is 7.26. The summed E-state index contributed by atoms with van der Waals surface area (Å²) in [5, 5.41) is 12.6. The Kier molecular flexibility index (Phi) is 3.10. The third-order valence-corrected chi connectivity index (χ3v) is 3.81. The Hall–Kier alpha value is -2.70. The molecule has 0 bridgehead atoms. The highest BCUT2D eigenvalue weighted by molar-refractivity contribution is 5.47. The van der Waals surface area contributed by atoms with Crippen molar-refractivity contribution in [1.82, 2.24) is 24.8 Å². The minimum Gasteiger partial charge on any atom is -0.492 e. The maximum atomic E-state index is 5.74. The van der Waals surface area contributed by atoms with E-state index in [0.717, 1.165) is 36.1 Å². The normalized spacial score (nSPS) is 15.0. The van der Waals surface area contributed by atoms with Gasteiger partial charge in [0.1, 0.15) is 11.6 Å². The molecule has 7 nitrogen and oxygen atoms in total. The molecule has 0 atom stereocenters. The third kappa shape index (κ3) is 2.34. The summed E-state index contributed by atoms with van der Waals surface area (Å²) < 4.78 is 7.51. The average molecular weight is 296 g/mol. The van der Waals surface area contributed by atoms with Crippen molar-refractivity contribution >= 4 is 11.5 Å². The van der Waals surface area contributed by atoms with Crippen LogP contribution in [0.25, 0.3) is 5.65 Å². The van der Waals surface area contributed by atoms with E-state index in [1.165, 1.54) is 0 Å². The van der Waals surface area contributed by atoms with Gasteiger partial charge in [0.25, 0.3) is 0 Å². The van der Waals surface area contributed by atoms with Crippen LogP contribution in [0.4, 0.5) is 5.82 Å². The highest BCUT2D eigenvalue weighted by atomic mass is 16.5. The number of rotatable bonds is 4. The SMILES string of the molecule is Cc1nnc2ccc(N3CC(COc4cccnc4)C3)nn12. The van der Waals surface area contributed by atoms with E-state index in [2.05, 4.69) is 25.2 Å². The van der Waals surface area contributed by atoms with Gasteiger partial charge in [0.15, 0.2) is 11.5 Å². The molecule has 1 fully saturated rings. The number of pyridine rings is 1. The first kappa shape index (κ1) is 13.0. The molecule has 0 amide bonds. The van der Waals surface area contributed by atoms with Crippen LogP contribution in [0.2, 0.25) is 0 Å². The van der Waals surface area contributed by atoms with Crippen molar-refractivity contribution in [2.45, 2.75) is 6.92 Å². The summed E-state index contributed by atoms with van der Waals surface area (Å²) in [4.78, 5) is 6.27. The van der Waals surface area contributed by atoms with Gasteiger partial charge >= 0.3 is 0 Å². The lowest BCUT2D eigenvalue weighted by atomic mass is 10.0. The van der Waals surface area contributed by atoms with Gasteiger partial charge in [0.05, 0.1) is 12.8 Å². The van der Waals surface area contributed by atoms with E-state index >= 15 is 0 Å². The molecule has 112 valence electrons. The first-order chi connectivity index (χ1) is 10.8. The Balaban J connectivity index is 1.37. The Bertz CT molecular complexity index is 781. The minimum absolute atomic E-state index is 0.514. The van der Waals surface area contributed by atoms with E-state index in [9.17, 15) is 0 Å². The molecule has 7 heteroatoms. The number of anilines is 1. The van der Waals surface area contributed by atoms with Gasteiger partial charge < -0.3 is 9.64 Å². The summed E-state index contributed by atoms with van der Waals surface area (Å²) in [5.41, 5.74) is 0.776. The lowest BCUT2D eigenvalue weighted by Crippen LogP contribution is -2.49. The second-order valence-electron chi connectivity index (χ2n) is 5.48. The molecule has 1 saturated heterocycles. The van der Waals surface area contributed by atoms with Gasteiger partial charge in [-0.2, -0.15) is 4.52 Å². The van der Waals surface area contributed by atoms with Crippen LogP contribution in [0.1, 0.15) is 5.82 Å². The highest BCUT2D eigenvalue weighted by Crippen LogP contribution is 2.23. The molecule has 3 aromatic heterocycles. The Labute approximate surface area is 127 Å². The fraction of sp³-hybridized carbons (Fsp3) is 0.333. The predicted molar refractivity (Wildman–Crippen MR) is 81.0 cm³/mol. The molecule has 3 aromatic rings. The zero-order valence-electron chi connectivity index (χ0n) is 12.3. The van der Waals surface area contributed by atoms with Gasteiger partial charge in [-0.05, 0) is 31.2 Å². The molecule has 0 unspecified atom stereocenters. The number of aromatic nitrogens is 5. The molecule has 0 radical (unpaired) electrons. The molecule has 1 aliphatic rings. The molecule has 4 rings (SSSR count). The van der Waals surface area contributed by atoms with Gasteiger partial charge in [0, 0.05) is 25.2 Å². The fourth-order valence-electron chi connectivity index (χ4n) is 2.56. The Morgan fingerprint density at radius 2 is 2.14 bits per heavy atom. The average Bonchev–Trinajstić information content (AvgIpc) is 2.88. The molecule has 0 N–H and O–H groups in total. The number of ether oxygens (including phenoxy) is 1. The van der Waals surface area contributed by atoms with Gasteiger partial charge in [-0.1, -0.05) is 0 Å². The third-order valence-electron chi connectivity index (χ3n) is 3.81. The second kappa shape index (κ2) is 5.25. The van der Waals surface area contributed by atoms with Crippen molar-refractivity contribution in [3.05, 3.63) is 42.5 Å². The zero-order chi connectivity index (χ0) is 14.9. The molecule has 0 saturated carbocycles. The predicted octanol–water partition coefficient (Wildman–Crippen LogP) is 1.34. The summed E-state index contributed by atoms with van der Waals surface area (Å²) in [7, 11) is 0. The molecule has 0 spiro atoms. The molecule has 0 aliphatic carbocycles. The number of hydrogen-bond acceptors (Lipinski definition) is 6. The van der Waals surface area contributed by atoms with E-state index < -0.39 is 0 Å².